The van der Waals surface area contributed by atoms with Crippen LogP contribution < -0.4 is 10.2 Å². The monoisotopic (exact) mass is 332 g/mol. The highest BCUT2D eigenvalue weighted by molar-refractivity contribution is 7.14. The van der Waals surface area contributed by atoms with Crippen molar-refractivity contribution in [2.45, 2.75) is 13.5 Å². The molecule has 1 aliphatic heterocycles. The highest BCUT2D eigenvalue weighted by atomic mass is 32.1. The average molecular weight is 332 g/mol. The van der Waals surface area contributed by atoms with Crippen molar-refractivity contribution in [3.05, 3.63) is 35.5 Å². The fourth-order valence-corrected chi connectivity index (χ4v) is 3.52. The van der Waals surface area contributed by atoms with Crippen LogP contribution in [0.3, 0.4) is 0 Å². The fourth-order valence-electron chi connectivity index (χ4n) is 2.73. The minimum absolute atomic E-state index is 0.668. The van der Waals surface area contributed by atoms with Gasteiger partial charge >= 0.3 is 0 Å². The molecule has 2 aromatic rings. The third kappa shape index (κ3) is 4.04. The molecule has 0 radical (unpaired) electrons. The zero-order valence-corrected chi connectivity index (χ0v) is 14.6. The molecule has 0 unspecified atom stereocenters. The van der Waals surface area contributed by atoms with Crippen LogP contribution in [0.4, 0.5) is 5.00 Å². The van der Waals surface area contributed by atoms with Crippen molar-refractivity contribution in [3.8, 4) is 0 Å². The van der Waals surface area contributed by atoms with Gasteiger partial charge in [-0.25, -0.2) is 4.99 Å². The van der Waals surface area contributed by atoms with Crippen molar-refractivity contribution in [3.63, 3.8) is 0 Å². The van der Waals surface area contributed by atoms with Gasteiger partial charge in [0, 0.05) is 51.5 Å². The molecule has 1 N–H and O–H groups in total. The minimum Gasteiger partial charge on any atom is -0.360 e. The van der Waals surface area contributed by atoms with E-state index in [1.165, 1.54) is 5.00 Å². The smallest absolute Gasteiger partial charge is 0.194 e. The number of rotatable bonds is 4. The summed E-state index contributed by atoms with van der Waals surface area (Å²) in [5.41, 5.74) is 1.14. The number of hydrogen-bond acceptors (Lipinski definition) is 4. The molecule has 0 aromatic carbocycles. The summed E-state index contributed by atoms with van der Waals surface area (Å²) in [6.07, 6.45) is 3.89. The Kier molecular flexibility index (Phi) is 5.17. The third-order valence-corrected chi connectivity index (χ3v) is 4.83. The SMILES string of the molecule is CCNC(=NCc1cnn(C)c1)N1CCN(c2cccs2)CC1. The van der Waals surface area contributed by atoms with Crippen LogP contribution in [0.1, 0.15) is 12.5 Å². The number of aliphatic imine (C=N–C) groups is 1. The van der Waals surface area contributed by atoms with Crippen LogP contribution in [-0.2, 0) is 13.6 Å². The molecule has 1 fully saturated rings. The normalized spacial score (nSPS) is 16.0. The number of nitrogens with zero attached hydrogens (tertiary/aromatic N) is 5. The molecular weight excluding hydrogens is 308 g/mol. The van der Waals surface area contributed by atoms with Gasteiger partial charge in [-0.3, -0.25) is 4.68 Å². The predicted molar refractivity (Wildman–Crippen MR) is 96.1 cm³/mol. The predicted octanol–water partition coefficient (Wildman–Crippen LogP) is 1.77. The van der Waals surface area contributed by atoms with E-state index in [1.54, 1.807) is 0 Å². The molecule has 0 amide bonds. The van der Waals surface area contributed by atoms with Gasteiger partial charge in [-0.1, -0.05) is 0 Å². The maximum atomic E-state index is 4.77. The Hall–Kier alpha value is -2.02. The highest BCUT2D eigenvalue weighted by Crippen LogP contribution is 2.22. The van der Waals surface area contributed by atoms with E-state index in [0.29, 0.717) is 6.54 Å². The summed E-state index contributed by atoms with van der Waals surface area (Å²) < 4.78 is 1.82. The molecule has 1 saturated heterocycles. The Morgan fingerprint density at radius 1 is 1.35 bits per heavy atom. The molecule has 0 aliphatic carbocycles. The number of thiophene rings is 1. The van der Waals surface area contributed by atoms with Gasteiger partial charge < -0.3 is 15.1 Å². The first-order valence-corrected chi connectivity index (χ1v) is 8.93. The molecule has 2 aromatic heterocycles. The molecule has 7 heteroatoms. The van der Waals surface area contributed by atoms with E-state index < -0.39 is 0 Å². The van der Waals surface area contributed by atoms with Crippen LogP contribution >= 0.6 is 11.3 Å². The fraction of sp³-hybridized carbons (Fsp3) is 0.500. The number of anilines is 1. The minimum atomic E-state index is 0.668. The second kappa shape index (κ2) is 7.50. The van der Waals surface area contributed by atoms with Crippen LogP contribution in [0.15, 0.2) is 34.9 Å². The van der Waals surface area contributed by atoms with Crippen molar-refractivity contribution in [1.29, 1.82) is 0 Å². The standard InChI is InChI=1S/C16H24N6S/c1-3-17-16(18-11-14-12-19-20(2)13-14)22-8-6-21(7-9-22)15-5-4-10-23-15/h4-5,10,12-13H,3,6-9,11H2,1-2H3,(H,17,18). The van der Waals surface area contributed by atoms with Gasteiger partial charge in [-0.2, -0.15) is 5.10 Å². The maximum absolute atomic E-state index is 4.77. The van der Waals surface area contributed by atoms with E-state index in [9.17, 15) is 0 Å². The lowest BCUT2D eigenvalue weighted by Gasteiger charge is -2.37. The van der Waals surface area contributed by atoms with E-state index in [4.69, 9.17) is 4.99 Å². The highest BCUT2D eigenvalue weighted by Gasteiger charge is 2.20. The first kappa shape index (κ1) is 15.9. The molecule has 0 saturated carbocycles. The molecule has 6 nitrogen and oxygen atoms in total. The van der Waals surface area contributed by atoms with E-state index in [2.05, 4.69) is 44.7 Å². The first-order chi connectivity index (χ1) is 11.3. The molecule has 0 spiro atoms. The lowest BCUT2D eigenvalue weighted by molar-refractivity contribution is 0.373. The third-order valence-electron chi connectivity index (χ3n) is 3.90. The number of nitrogens with one attached hydrogen (secondary N) is 1. The van der Waals surface area contributed by atoms with Crippen molar-refractivity contribution in [1.82, 2.24) is 20.0 Å². The molecular formula is C16H24N6S. The second-order valence-electron chi connectivity index (χ2n) is 5.62. The van der Waals surface area contributed by atoms with Crippen molar-refractivity contribution < 1.29 is 0 Å². The van der Waals surface area contributed by atoms with Gasteiger partial charge in [0.15, 0.2) is 5.96 Å². The van der Waals surface area contributed by atoms with Gasteiger partial charge in [0.25, 0.3) is 0 Å². The van der Waals surface area contributed by atoms with Gasteiger partial charge in [0.2, 0.25) is 0 Å². The summed E-state index contributed by atoms with van der Waals surface area (Å²) in [5.74, 6) is 1.00. The Bertz CT molecular complexity index is 625. The largest absolute Gasteiger partial charge is 0.360 e. The van der Waals surface area contributed by atoms with Crippen LogP contribution in [0.25, 0.3) is 0 Å². The van der Waals surface area contributed by atoms with Gasteiger partial charge in [-0.15, -0.1) is 11.3 Å². The average Bonchev–Trinajstić information content (AvgIpc) is 3.23. The van der Waals surface area contributed by atoms with Crippen LogP contribution in [0.5, 0.6) is 0 Å². The Morgan fingerprint density at radius 3 is 2.78 bits per heavy atom. The molecule has 1 aliphatic rings. The molecule has 23 heavy (non-hydrogen) atoms. The van der Waals surface area contributed by atoms with Gasteiger partial charge in [-0.05, 0) is 24.4 Å². The second-order valence-corrected chi connectivity index (χ2v) is 6.54. The number of aromatic nitrogens is 2. The van der Waals surface area contributed by atoms with Crippen LogP contribution in [0, 0.1) is 0 Å². The van der Waals surface area contributed by atoms with Gasteiger partial charge in [0.1, 0.15) is 0 Å². The summed E-state index contributed by atoms with van der Waals surface area (Å²) >= 11 is 1.81. The van der Waals surface area contributed by atoms with Crippen molar-refractivity contribution >= 4 is 22.3 Å². The van der Waals surface area contributed by atoms with E-state index in [1.807, 2.05) is 35.5 Å². The van der Waals surface area contributed by atoms with E-state index >= 15 is 0 Å². The Balaban J connectivity index is 1.60. The number of piperazine rings is 1. The number of aryl methyl sites for hydroxylation is 1. The topological polar surface area (TPSA) is 48.7 Å². The van der Waals surface area contributed by atoms with Crippen LogP contribution in [0.2, 0.25) is 0 Å². The molecule has 0 atom stereocenters. The number of guanidine groups is 1. The van der Waals surface area contributed by atoms with Crippen molar-refractivity contribution in [2.75, 3.05) is 37.6 Å². The lowest BCUT2D eigenvalue weighted by Crippen LogP contribution is -2.52. The molecule has 3 heterocycles. The lowest BCUT2D eigenvalue weighted by atomic mass is 10.3. The summed E-state index contributed by atoms with van der Waals surface area (Å²) in [7, 11) is 1.93. The zero-order chi connectivity index (χ0) is 16.1. The van der Waals surface area contributed by atoms with Gasteiger partial charge in [0.05, 0.1) is 17.7 Å². The number of hydrogen-bond donors (Lipinski definition) is 1. The van der Waals surface area contributed by atoms with E-state index in [-0.39, 0.29) is 0 Å². The van der Waals surface area contributed by atoms with Crippen molar-refractivity contribution in [2.24, 2.45) is 12.0 Å². The van der Waals surface area contributed by atoms with E-state index in [0.717, 1.165) is 44.2 Å². The summed E-state index contributed by atoms with van der Waals surface area (Å²) in [4.78, 5) is 9.57. The molecule has 3 rings (SSSR count). The Labute approximate surface area is 141 Å². The Morgan fingerprint density at radius 2 is 2.17 bits per heavy atom. The summed E-state index contributed by atoms with van der Waals surface area (Å²) in [6, 6.07) is 4.31. The zero-order valence-electron chi connectivity index (χ0n) is 13.8. The molecule has 0 bridgehead atoms. The quantitative estimate of drug-likeness (QED) is 0.685. The summed E-state index contributed by atoms with van der Waals surface area (Å²) in [5, 5.41) is 11.1. The maximum Gasteiger partial charge on any atom is 0.194 e. The van der Waals surface area contributed by atoms with Crippen LogP contribution in [-0.4, -0.2) is 53.4 Å². The molecule has 124 valence electrons. The first-order valence-electron chi connectivity index (χ1n) is 8.05. The summed E-state index contributed by atoms with van der Waals surface area (Å²) in [6.45, 7) is 7.74.